The number of carbonyl (C=O) groups excluding carboxylic acids is 1. The highest BCUT2D eigenvalue weighted by atomic mass is 19.1. The Hall–Kier alpha value is -2.72. The maximum Gasteiger partial charge on any atom is 0.253 e. The van der Waals surface area contributed by atoms with Gasteiger partial charge in [0.2, 0.25) is 0 Å². The molecule has 1 amide bonds. The van der Waals surface area contributed by atoms with Crippen LogP contribution in [0.15, 0.2) is 24.5 Å². The smallest absolute Gasteiger partial charge is 0.253 e. The highest BCUT2D eigenvalue weighted by molar-refractivity contribution is 5.96. The van der Waals surface area contributed by atoms with Crippen LogP contribution in [0.2, 0.25) is 0 Å². The van der Waals surface area contributed by atoms with Gasteiger partial charge in [-0.2, -0.15) is 5.10 Å². The first kappa shape index (κ1) is 14.7. The lowest BCUT2D eigenvalue weighted by Gasteiger charge is -2.12. The number of amides is 1. The fourth-order valence-electron chi connectivity index (χ4n) is 1.72. The average molecular weight is 288 g/mol. The molecule has 0 radical (unpaired) electrons. The zero-order chi connectivity index (χ0) is 15.2. The van der Waals surface area contributed by atoms with Crippen LogP contribution < -0.4 is 5.32 Å². The van der Waals surface area contributed by atoms with Crippen molar-refractivity contribution in [2.75, 3.05) is 6.61 Å². The van der Waals surface area contributed by atoms with Crippen LogP contribution in [0.5, 0.6) is 0 Å². The number of H-pyrrole nitrogens is 1. The first-order valence-electron chi connectivity index (χ1n) is 6.17. The van der Waals surface area contributed by atoms with Gasteiger partial charge in [-0.25, -0.2) is 9.37 Å². The molecule has 2 rings (SSSR count). The minimum absolute atomic E-state index is 0.214. The van der Waals surface area contributed by atoms with Crippen molar-refractivity contribution in [2.45, 2.75) is 13.0 Å². The van der Waals surface area contributed by atoms with Crippen LogP contribution in [0, 0.1) is 17.7 Å². The molecular weight excluding hydrogens is 275 g/mol. The zero-order valence-electron chi connectivity index (χ0n) is 11.2. The lowest BCUT2D eigenvalue weighted by Crippen LogP contribution is -2.28. The Morgan fingerprint density at radius 1 is 1.57 bits per heavy atom. The summed E-state index contributed by atoms with van der Waals surface area (Å²) in [6.07, 6.45) is 1.34. The highest BCUT2D eigenvalue weighted by Gasteiger charge is 2.16. The van der Waals surface area contributed by atoms with Gasteiger partial charge in [0.05, 0.1) is 11.6 Å². The van der Waals surface area contributed by atoms with E-state index < -0.39 is 11.7 Å². The molecule has 21 heavy (non-hydrogen) atoms. The molecule has 1 unspecified atom stereocenters. The van der Waals surface area contributed by atoms with Crippen LogP contribution in [0.1, 0.15) is 34.7 Å². The minimum Gasteiger partial charge on any atom is -0.384 e. The number of nitrogens with one attached hydrogen (secondary N) is 2. The summed E-state index contributed by atoms with van der Waals surface area (Å²) >= 11 is 0. The van der Waals surface area contributed by atoms with Crippen molar-refractivity contribution in [3.8, 4) is 11.8 Å². The Labute approximate surface area is 120 Å². The van der Waals surface area contributed by atoms with Crippen LogP contribution in [0.25, 0.3) is 0 Å². The summed E-state index contributed by atoms with van der Waals surface area (Å²) in [6.45, 7) is 1.37. The first-order valence-corrected chi connectivity index (χ1v) is 6.17. The van der Waals surface area contributed by atoms with Gasteiger partial charge in [0.15, 0.2) is 0 Å². The molecular formula is C14H13FN4O2. The maximum absolute atomic E-state index is 13.2. The van der Waals surface area contributed by atoms with E-state index in [2.05, 4.69) is 32.3 Å². The van der Waals surface area contributed by atoms with E-state index in [-0.39, 0.29) is 23.8 Å². The van der Waals surface area contributed by atoms with Crippen LogP contribution in [0.4, 0.5) is 4.39 Å². The number of nitrogens with zero attached hydrogens (tertiary/aromatic N) is 2. The quantitative estimate of drug-likeness (QED) is 0.728. The summed E-state index contributed by atoms with van der Waals surface area (Å²) in [5.41, 5.74) is 0.440. The monoisotopic (exact) mass is 288 g/mol. The number of hydrogen-bond donors (Lipinski definition) is 3. The van der Waals surface area contributed by atoms with Gasteiger partial charge in [0.1, 0.15) is 24.6 Å². The fraction of sp³-hybridized carbons (Fsp3) is 0.214. The predicted octanol–water partition coefficient (Wildman–Crippen LogP) is 0.779. The number of aliphatic hydroxyl groups is 1. The second-order valence-corrected chi connectivity index (χ2v) is 4.22. The number of halogens is 1. The molecule has 0 aliphatic carbocycles. The third-order valence-corrected chi connectivity index (χ3v) is 2.72. The molecule has 1 atom stereocenters. The van der Waals surface area contributed by atoms with E-state index in [0.717, 1.165) is 6.07 Å². The summed E-state index contributed by atoms with van der Waals surface area (Å²) in [4.78, 5) is 16.2. The molecule has 0 spiro atoms. The van der Waals surface area contributed by atoms with E-state index in [1.165, 1.54) is 18.5 Å². The van der Waals surface area contributed by atoms with Crippen LogP contribution in [0.3, 0.4) is 0 Å². The first-order chi connectivity index (χ1) is 10.1. The van der Waals surface area contributed by atoms with Gasteiger partial charge >= 0.3 is 0 Å². The molecule has 3 N–H and O–H groups in total. The summed E-state index contributed by atoms with van der Waals surface area (Å²) in [5, 5.41) is 17.8. The Morgan fingerprint density at radius 2 is 2.38 bits per heavy atom. The van der Waals surface area contributed by atoms with Gasteiger partial charge in [-0.15, -0.1) is 0 Å². The third kappa shape index (κ3) is 3.64. The van der Waals surface area contributed by atoms with Crippen LogP contribution in [-0.4, -0.2) is 32.8 Å². The normalized spacial score (nSPS) is 11.4. The maximum atomic E-state index is 13.2. The van der Waals surface area contributed by atoms with Crippen LogP contribution in [-0.2, 0) is 0 Å². The van der Waals surface area contributed by atoms with Crippen molar-refractivity contribution in [3.05, 3.63) is 47.3 Å². The van der Waals surface area contributed by atoms with Crippen molar-refractivity contribution < 1.29 is 14.3 Å². The van der Waals surface area contributed by atoms with Gasteiger partial charge in [0.25, 0.3) is 5.91 Å². The largest absolute Gasteiger partial charge is 0.384 e. The molecule has 0 aliphatic rings. The van der Waals surface area contributed by atoms with Crippen molar-refractivity contribution in [3.63, 3.8) is 0 Å². The lowest BCUT2D eigenvalue weighted by molar-refractivity contribution is 0.0938. The second kappa shape index (κ2) is 6.63. The minimum atomic E-state index is -0.503. The van der Waals surface area contributed by atoms with Gasteiger partial charge in [-0.05, 0) is 25.1 Å². The molecule has 6 nitrogen and oxygen atoms in total. The Balaban J connectivity index is 2.22. The van der Waals surface area contributed by atoms with Gasteiger partial charge in [-0.1, -0.05) is 11.8 Å². The molecule has 0 fully saturated rings. The molecule has 2 aromatic rings. The van der Waals surface area contributed by atoms with Crippen molar-refractivity contribution >= 4 is 5.91 Å². The van der Waals surface area contributed by atoms with E-state index in [9.17, 15) is 9.18 Å². The average Bonchev–Trinajstić information content (AvgIpc) is 2.99. The number of rotatable bonds is 3. The van der Waals surface area contributed by atoms with E-state index in [1.54, 1.807) is 6.92 Å². The second-order valence-electron chi connectivity index (χ2n) is 4.22. The topological polar surface area (TPSA) is 90.9 Å². The molecule has 1 aromatic carbocycles. The predicted molar refractivity (Wildman–Crippen MR) is 72.6 cm³/mol. The molecule has 0 saturated carbocycles. The standard InChI is InChI=1S/C14H13FN4O2/c1-9(13-16-8-17-19-13)18-14(21)12-5-4-11(15)7-10(12)3-2-6-20/h4-5,7-9,20H,6H2,1H3,(H,18,21)(H,16,17,19). The SMILES string of the molecule is CC(NC(=O)c1ccc(F)cc1C#CCO)c1ncn[nH]1. The Bertz CT molecular complexity index is 689. The number of aromatic nitrogens is 3. The van der Waals surface area contributed by atoms with Crippen molar-refractivity contribution in [2.24, 2.45) is 0 Å². The van der Waals surface area contributed by atoms with Gasteiger partial charge in [-0.3, -0.25) is 9.89 Å². The molecule has 108 valence electrons. The van der Waals surface area contributed by atoms with Crippen LogP contribution >= 0.6 is 0 Å². The molecule has 7 heteroatoms. The van der Waals surface area contributed by atoms with E-state index in [4.69, 9.17) is 5.11 Å². The molecule has 1 heterocycles. The van der Waals surface area contributed by atoms with E-state index in [1.807, 2.05) is 0 Å². The number of carbonyl (C=O) groups is 1. The molecule has 1 aromatic heterocycles. The number of hydrogen-bond acceptors (Lipinski definition) is 4. The third-order valence-electron chi connectivity index (χ3n) is 2.72. The number of benzene rings is 1. The number of aliphatic hydroxyl groups excluding tert-OH is 1. The number of aromatic amines is 1. The molecule has 0 bridgehead atoms. The molecule has 0 aliphatic heterocycles. The lowest BCUT2D eigenvalue weighted by atomic mass is 10.1. The van der Waals surface area contributed by atoms with Crippen molar-refractivity contribution in [1.29, 1.82) is 0 Å². The zero-order valence-corrected chi connectivity index (χ0v) is 11.2. The Kier molecular flexibility index (Phi) is 4.64. The summed E-state index contributed by atoms with van der Waals surface area (Å²) in [7, 11) is 0. The Morgan fingerprint density at radius 3 is 3.05 bits per heavy atom. The fourth-order valence-corrected chi connectivity index (χ4v) is 1.72. The summed E-state index contributed by atoms with van der Waals surface area (Å²) in [5.74, 6) is 4.54. The van der Waals surface area contributed by atoms with E-state index in [0.29, 0.717) is 5.82 Å². The van der Waals surface area contributed by atoms with E-state index >= 15 is 0 Å². The van der Waals surface area contributed by atoms with Gasteiger partial charge < -0.3 is 10.4 Å². The van der Waals surface area contributed by atoms with Gasteiger partial charge in [0, 0.05) is 5.56 Å². The summed E-state index contributed by atoms with van der Waals surface area (Å²) in [6, 6.07) is 3.29. The molecule has 0 saturated heterocycles. The van der Waals surface area contributed by atoms with Crippen molar-refractivity contribution in [1.82, 2.24) is 20.5 Å². The highest BCUT2D eigenvalue weighted by Crippen LogP contribution is 2.13. The summed E-state index contributed by atoms with van der Waals surface area (Å²) < 4.78 is 13.2.